The second-order valence-corrected chi connectivity index (χ2v) is 6.63. The van der Waals surface area contributed by atoms with Crippen LogP contribution < -0.4 is 10.1 Å². The molecule has 1 amide bonds. The Morgan fingerprint density at radius 2 is 2.00 bits per heavy atom. The average Bonchev–Trinajstić information content (AvgIpc) is 2.91. The fourth-order valence-electron chi connectivity index (χ4n) is 2.65. The van der Waals surface area contributed by atoms with Gasteiger partial charge in [0.1, 0.15) is 11.3 Å². The summed E-state index contributed by atoms with van der Waals surface area (Å²) < 4.78 is 6.41. The van der Waals surface area contributed by atoms with Crippen molar-refractivity contribution in [1.29, 1.82) is 0 Å². The molecule has 0 bridgehead atoms. The number of carbonyl (C=O) groups is 2. The minimum absolute atomic E-state index is 0.406. The van der Waals surface area contributed by atoms with Gasteiger partial charge in [-0.3, -0.25) is 4.79 Å². The van der Waals surface area contributed by atoms with E-state index in [9.17, 15) is 14.7 Å². The van der Waals surface area contributed by atoms with Gasteiger partial charge in [0, 0.05) is 0 Å². The van der Waals surface area contributed by atoms with E-state index in [0.29, 0.717) is 18.6 Å². The summed E-state index contributed by atoms with van der Waals surface area (Å²) in [6.45, 7) is 3.58. The van der Waals surface area contributed by atoms with Gasteiger partial charge in [-0.1, -0.05) is 18.9 Å². The quantitative estimate of drug-likeness (QED) is 0.836. The summed E-state index contributed by atoms with van der Waals surface area (Å²) in [5, 5.41) is 12.1. The molecule has 0 radical (unpaired) electrons. The molecule has 1 aromatic carbocycles. The zero-order valence-electron chi connectivity index (χ0n) is 12.7. The van der Waals surface area contributed by atoms with Crippen molar-refractivity contribution in [3.63, 3.8) is 0 Å². The average molecular weight is 370 g/mol. The maximum absolute atomic E-state index is 12.3. The van der Waals surface area contributed by atoms with E-state index in [1.54, 1.807) is 13.0 Å². The van der Waals surface area contributed by atoms with Crippen LogP contribution in [0.25, 0.3) is 0 Å². The largest absolute Gasteiger partial charge is 0.480 e. The highest BCUT2D eigenvalue weighted by molar-refractivity contribution is 9.10. The molecule has 0 aromatic heterocycles. The van der Waals surface area contributed by atoms with Crippen LogP contribution in [0.2, 0.25) is 0 Å². The highest BCUT2D eigenvalue weighted by Crippen LogP contribution is 2.31. The van der Waals surface area contributed by atoms with E-state index in [4.69, 9.17) is 4.74 Å². The molecule has 1 aliphatic rings. The Hall–Kier alpha value is -1.56. The molecule has 1 saturated carbocycles. The maximum Gasteiger partial charge on any atom is 0.329 e. The number of halogens is 1. The second kappa shape index (κ2) is 6.69. The monoisotopic (exact) mass is 369 g/mol. The number of benzene rings is 1. The van der Waals surface area contributed by atoms with Crippen LogP contribution in [0.15, 0.2) is 22.7 Å². The van der Waals surface area contributed by atoms with Crippen molar-refractivity contribution in [3.05, 3.63) is 28.2 Å². The van der Waals surface area contributed by atoms with Gasteiger partial charge in [-0.25, -0.2) is 4.79 Å². The normalized spacial score (nSPS) is 17.8. The van der Waals surface area contributed by atoms with Crippen LogP contribution in [-0.2, 0) is 9.59 Å². The molecular weight excluding hydrogens is 350 g/mol. The lowest BCUT2D eigenvalue weighted by atomic mass is 9.97. The Morgan fingerprint density at radius 1 is 1.36 bits per heavy atom. The van der Waals surface area contributed by atoms with Gasteiger partial charge in [-0.2, -0.15) is 0 Å². The summed E-state index contributed by atoms with van der Waals surface area (Å²) in [6.07, 6.45) is 1.79. The molecule has 1 unspecified atom stereocenters. The minimum Gasteiger partial charge on any atom is -0.480 e. The van der Waals surface area contributed by atoms with E-state index in [1.165, 1.54) is 0 Å². The molecule has 2 rings (SSSR count). The first-order valence-corrected chi connectivity index (χ1v) is 8.11. The molecule has 1 atom stereocenters. The third-order valence-corrected chi connectivity index (χ3v) is 4.61. The summed E-state index contributed by atoms with van der Waals surface area (Å²) in [5.74, 6) is -0.817. The Morgan fingerprint density at radius 3 is 2.55 bits per heavy atom. The molecular formula is C16H20BrNO4. The number of hydrogen-bond donors (Lipinski definition) is 2. The van der Waals surface area contributed by atoms with Crippen LogP contribution in [0.5, 0.6) is 5.75 Å². The number of nitrogens with one attached hydrogen (secondary N) is 1. The van der Waals surface area contributed by atoms with Crippen molar-refractivity contribution < 1.29 is 19.4 Å². The first kappa shape index (κ1) is 16.8. The molecule has 6 heteroatoms. The number of aryl methyl sites for hydroxylation is 1. The van der Waals surface area contributed by atoms with Crippen molar-refractivity contribution >= 4 is 27.8 Å². The molecule has 22 heavy (non-hydrogen) atoms. The van der Waals surface area contributed by atoms with E-state index in [0.717, 1.165) is 22.9 Å². The Balaban J connectivity index is 2.04. The molecule has 2 N–H and O–H groups in total. The Kier molecular flexibility index (Phi) is 5.11. The van der Waals surface area contributed by atoms with Gasteiger partial charge in [-0.15, -0.1) is 0 Å². The van der Waals surface area contributed by atoms with Gasteiger partial charge in [0.15, 0.2) is 6.10 Å². The van der Waals surface area contributed by atoms with E-state index < -0.39 is 23.5 Å². The van der Waals surface area contributed by atoms with Crippen LogP contribution in [-0.4, -0.2) is 28.6 Å². The Bertz CT molecular complexity index is 582. The van der Waals surface area contributed by atoms with Gasteiger partial charge in [0.2, 0.25) is 0 Å². The number of aliphatic carboxylic acids is 1. The smallest absolute Gasteiger partial charge is 0.329 e. The van der Waals surface area contributed by atoms with Crippen LogP contribution in [0, 0.1) is 6.92 Å². The zero-order valence-corrected chi connectivity index (χ0v) is 14.3. The molecule has 1 fully saturated rings. The number of carboxylic acid groups (broad SMARTS) is 1. The Labute approximate surface area is 138 Å². The molecule has 0 saturated heterocycles. The fourth-order valence-corrected chi connectivity index (χ4v) is 3.24. The molecule has 1 aromatic rings. The fraction of sp³-hybridized carbons (Fsp3) is 0.500. The van der Waals surface area contributed by atoms with Gasteiger partial charge in [0.05, 0.1) is 4.47 Å². The summed E-state index contributed by atoms with van der Waals surface area (Å²) in [4.78, 5) is 23.7. The third-order valence-electron chi connectivity index (χ3n) is 3.99. The van der Waals surface area contributed by atoms with Gasteiger partial charge in [-0.05, 0) is 60.3 Å². The molecule has 0 aliphatic heterocycles. The van der Waals surface area contributed by atoms with Crippen LogP contribution in [0.3, 0.4) is 0 Å². The first-order valence-electron chi connectivity index (χ1n) is 7.32. The molecule has 0 heterocycles. The van der Waals surface area contributed by atoms with E-state index in [-0.39, 0.29) is 0 Å². The lowest BCUT2D eigenvalue weighted by Crippen LogP contribution is -2.55. The lowest BCUT2D eigenvalue weighted by molar-refractivity contribution is -0.148. The molecule has 0 spiro atoms. The topological polar surface area (TPSA) is 75.6 Å². The van der Waals surface area contributed by atoms with E-state index in [1.807, 2.05) is 19.1 Å². The standard InChI is InChI=1S/C16H20BrNO4/c1-10-5-6-13(12(17)9-10)22-11(2)14(19)18-16(15(20)21)7-3-4-8-16/h5-6,9,11H,3-4,7-8H2,1-2H3,(H,18,19)(H,20,21). The predicted molar refractivity (Wildman–Crippen MR) is 85.9 cm³/mol. The highest BCUT2D eigenvalue weighted by atomic mass is 79.9. The van der Waals surface area contributed by atoms with Gasteiger partial charge < -0.3 is 15.2 Å². The number of hydrogen-bond acceptors (Lipinski definition) is 3. The van der Waals surface area contributed by atoms with Crippen molar-refractivity contribution in [2.45, 2.75) is 51.2 Å². The molecule has 5 nitrogen and oxygen atoms in total. The first-order chi connectivity index (χ1) is 10.3. The summed E-state index contributed by atoms with van der Waals surface area (Å²) in [7, 11) is 0. The molecule has 1 aliphatic carbocycles. The van der Waals surface area contributed by atoms with Crippen molar-refractivity contribution in [2.24, 2.45) is 0 Å². The molecule has 120 valence electrons. The summed E-state index contributed by atoms with van der Waals surface area (Å²) >= 11 is 3.40. The third kappa shape index (κ3) is 3.61. The predicted octanol–water partition coefficient (Wildman–Crippen LogP) is 3.04. The summed E-state index contributed by atoms with van der Waals surface area (Å²) in [5.41, 5.74) is -0.0636. The summed E-state index contributed by atoms with van der Waals surface area (Å²) in [6, 6.07) is 5.57. The number of ether oxygens (including phenoxy) is 1. The minimum atomic E-state index is -1.14. The van der Waals surface area contributed by atoms with Crippen molar-refractivity contribution in [1.82, 2.24) is 5.32 Å². The van der Waals surface area contributed by atoms with Crippen molar-refractivity contribution in [2.75, 3.05) is 0 Å². The number of carbonyl (C=O) groups excluding carboxylic acids is 1. The second-order valence-electron chi connectivity index (χ2n) is 5.78. The highest BCUT2D eigenvalue weighted by Gasteiger charge is 2.43. The van der Waals surface area contributed by atoms with Crippen LogP contribution in [0.1, 0.15) is 38.2 Å². The van der Waals surface area contributed by atoms with Gasteiger partial charge in [0.25, 0.3) is 5.91 Å². The number of amides is 1. The number of rotatable bonds is 5. The van der Waals surface area contributed by atoms with Crippen LogP contribution >= 0.6 is 15.9 Å². The van der Waals surface area contributed by atoms with Crippen molar-refractivity contribution in [3.8, 4) is 5.75 Å². The van der Waals surface area contributed by atoms with Gasteiger partial charge >= 0.3 is 5.97 Å². The van der Waals surface area contributed by atoms with Crippen LogP contribution in [0.4, 0.5) is 0 Å². The number of carboxylic acids is 1. The lowest BCUT2D eigenvalue weighted by Gasteiger charge is -2.27. The van der Waals surface area contributed by atoms with E-state index >= 15 is 0 Å². The zero-order chi connectivity index (χ0) is 16.3. The van der Waals surface area contributed by atoms with E-state index in [2.05, 4.69) is 21.2 Å². The SMILES string of the molecule is Cc1ccc(OC(C)C(=O)NC2(C(=O)O)CCCC2)c(Br)c1. The maximum atomic E-state index is 12.3.